The zero-order valence-corrected chi connectivity index (χ0v) is 9.63. The Labute approximate surface area is 90.9 Å². The number of aryl methyl sites for hydroxylation is 1. The van der Waals surface area contributed by atoms with Gasteiger partial charge in [0.05, 0.1) is 5.56 Å². The van der Waals surface area contributed by atoms with Crippen LogP contribution in [0.1, 0.15) is 46.8 Å². The molecule has 15 heavy (non-hydrogen) atoms. The topological polar surface area (TPSA) is 37.3 Å². The minimum Gasteiger partial charge on any atom is -0.478 e. The average molecular weight is 206 g/mol. The Bertz CT molecular complexity index is 367. The molecule has 1 aromatic carbocycles. The maximum Gasteiger partial charge on any atom is 0.335 e. The summed E-state index contributed by atoms with van der Waals surface area (Å²) in [6.45, 7) is 6.09. The van der Waals surface area contributed by atoms with Crippen molar-refractivity contribution in [3.63, 3.8) is 0 Å². The van der Waals surface area contributed by atoms with Gasteiger partial charge in [-0.1, -0.05) is 19.4 Å². The van der Waals surface area contributed by atoms with Crippen molar-refractivity contribution in [3.8, 4) is 0 Å². The lowest BCUT2D eigenvalue weighted by Gasteiger charge is -2.11. The van der Waals surface area contributed by atoms with E-state index in [9.17, 15) is 4.79 Å². The molecule has 0 aliphatic rings. The van der Waals surface area contributed by atoms with E-state index in [1.54, 1.807) is 6.07 Å². The van der Waals surface area contributed by atoms with Crippen molar-refractivity contribution in [1.82, 2.24) is 0 Å². The molecule has 0 spiro atoms. The summed E-state index contributed by atoms with van der Waals surface area (Å²) in [5.74, 6) is -0.828. The van der Waals surface area contributed by atoms with Gasteiger partial charge in [-0.05, 0) is 49.4 Å². The fourth-order valence-corrected chi connectivity index (χ4v) is 1.86. The molecule has 0 aliphatic heterocycles. The van der Waals surface area contributed by atoms with E-state index >= 15 is 0 Å². The van der Waals surface area contributed by atoms with Crippen molar-refractivity contribution in [1.29, 1.82) is 0 Å². The molecular weight excluding hydrogens is 188 g/mol. The summed E-state index contributed by atoms with van der Waals surface area (Å²) < 4.78 is 0. The monoisotopic (exact) mass is 206 g/mol. The van der Waals surface area contributed by atoms with Gasteiger partial charge in [0.2, 0.25) is 0 Å². The van der Waals surface area contributed by atoms with E-state index in [1.807, 2.05) is 19.9 Å². The highest BCUT2D eigenvalue weighted by Crippen LogP contribution is 2.20. The first-order valence-electron chi connectivity index (χ1n) is 5.40. The second-order valence-electron chi connectivity index (χ2n) is 3.94. The number of carboxylic acids is 1. The van der Waals surface area contributed by atoms with Crippen LogP contribution >= 0.6 is 0 Å². The first kappa shape index (κ1) is 11.8. The van der Waals surface area contributed by atoms with Crippen molar-refractivity contribution in [2.45, 2.75) is 40.0 Å². The zero-order chi connectivity index (χ0) is 11.4. The Morgan fingerprint density at radius 3 is 2.53 bits per heavy atom. The molecule has 1 rings (SSSR count). The van der Waals surface area contributed by atoms with Crippen LogP contribution in [0.15, 0.2) is 12.1 Å². The molecule has 1 aromatic rings. The molecule has 0 fully saturated rings. The Morgan fingerprint density at radius 2 is 2.00 bits per heavy atom. The molecule has 0 aromatic heterocycles. The van der Waals surface area contributed by atoms with Crippen LogP contribution in [0.3, 0.4) is 0 Å². The second-order valence-corrected chi connectivity index (χ2v) is 3.94. The molecule has 0 unspecified atom stereocenters. The van der Waals surface area contributed by atoms with Crippen LogP contribution in [-0.4, -0.2) is 11.1 Å². The Hall–Kier alpha value is -1.31. The molecule has 1 N–H and O–H groups in total. The molecule has 2 nitrogen and oxygen atoms in total. The van der Waals surface area contributed by atoms with Gasteiger partial charge in [0, 0.05) is 0 Å². The van der Waals surface area contributed by atoms with Crippen molar-refractivity contribution < 1.29 is 9.90 Å². The maximum atomic E-state index is 11.0. The van der Waals surface area contributed by atoms with E-state index in [4.69, 9.17) is 5.11 Å². The normalized spacial score (nSPS) is 10.3. The number of unbranched alkanes of at least 4 members (excludes halogenated alkanes) is 1. The van der Waals surface area contributed by atoms with E-state index in [-0.39, 0.29) is 0 Å². The summed E-state index contributed by atoms with van der Waals surface area (Å²) in [7, 11) is 0. The van der Waals surface area contributed by atoms with Gasteiger partial charge in [0.15, 0.2) is 0 Å². The summed E-state index contributed by atoms with van der Waals surface area (Å²) in [6, 6.07) is 3.60. The number of carboxylic acid groups (broad SMARTS) is 1. The minimum absolute atomic E-state index is 0.437. The molecule has 82 valence electrons. The third-order valence-electron chi connectivity index (χ3n) is 2.84. The van der Waals surface area contributed by atoms with Crippen molar-refractivity contribution >= 4 is 5.97 Å². The van der Waals surface area contributed by atoms with Gasteiger partial charge in [-0.2, -0.15) is 0 Å². The Kier molecular flexibility index (Phi) is 3.89. The van der Waals surface area contributed by atoms with E-state index in [1.165, 1.54) is 11.1 Å². The lowest BCUT2D eigenvalue weighted by molar-refractivity contribution is 0.0696. The fourth-order valence-electron chi connectivity index (χ4n) is 1.86. The first-order valence-corrected chi connectivity index (χ1v) is 5.40. The van der Waals surface area contributed by atoms with Gasteiger partial charge in [-0.25, -0.2) is 4.79 Å². The predicted molar refractivity (Wildman–Crippen MR) is 61.5 cm³/mol. The highest BCUT2D eigenvalue weighted by atomic mass is 16.4. The van der Waals surface area contributed by atoms with Gasteiger partial charge in [0.25, 0.3) is 0 Å². The molecule has 0 aliphatic carbocycles. The SMILES string of the molecule is CCCCc1c(C)ccc(C(=O)O)c1C. The highest BCUT2D eigenvalue weighted by Gasteiger charge is 2.11. The van der Waals surface area contributed by atoms with Crippen LogP contribution in [0.2, 0.25) is 0 Å². The van der Waals surface area contributed by atoms with Crippen LogP contribution in [0.5, 0.6) is 0 Å². The summed E-state index contributed by atoms with van der Waals surface area (Å²) >= 11 is 0. The van der Waals surface area contributed by atoms with Crippen LogP contribution in [0, 0.1) is 13.8 Å². The third-order valence-corrected chi connectivity index (χ3v) is 2.84. The second kappa shape index (κ2) is 4.96. The average Bonchev–Trinajstić information content (AvgIpc) is 2.17. The van der Waals surface area contributed by atoms with E-state index in [0.717, 1.165) is 24.8 Å². The van der Waals surface area contributed by atoms with Crippen molar-refractivity contribution in [2.24, 2.45) is 0 Å². The summed E-state index contributed by atoms with van der Waals surface area (Å²) in [5.41, 5.74) is 3.77. The van der Waals surface area contributed by atoms with Gasteiger partial charge in [0.1, 0.15) is 0 Å². The third kappa shape index (κ3) is 2.58. The van der Waals surface area contributed by atoms with Crippen LogP contribution < -0.4 is 0 Å². The molecule has 0 saturated carbocycles. The molecule has 0 radical (unpaired) electrons. The minimum atomic E-state index is -0.828. The lowest BCUT2D eigenvalue weighted by atomic mass is 9.94. The smallest absolute Gasteiger partial charge is 0.335 e. The predicted octanol–water partition coefficient (Wildman–Crippen LogP) is 3.34. The molecule has 0 amide bonds. The van der Waals surface area contributed by atoms with Gasteiger partial charge >= 0.3 is 5.97 Å². The van der Waals surface area contributed by atoms with Crippen LogP contribution in [0.25, 0.3) is 0 Å². The van der Waals surface area contributed by atoms with E-state index < -0.39 is 5.97 Å². The van der Waals surface area contributed by atoms with Crippen molar-refractivity contribution in [3.05, 3.63) is 34.4 Å². The molecule has 0 saturated heterocycles. The fraction of sp³-hybridized carbons (Fsp3) is 0.462. The molecule has 2 heteroatoms. The molecular formula is C13H18O2. The largest absolute Gasteiger partial charge is 0.478 e. The lowest BCUT2D eigenvalue weighted by Crippen LogP contribution is -2.04. The number of rotatable bonds is 4. The van der Waals surface area contributed by atoms with Gasteiger partial charge < -0.3 is 5.11 Å². The standard InChI is InChI=1S/C13H18O2/c1-4-5-6-11-9(2)7-8-12(10(11)3)13(14)15/h7-8H,4-6H2,1-3H3,(H,14,15). The number of benzene rings is 1. The number of aromatic carboxylic acids is 1. The summed E-state index contributed by atoms with van der Waals surface area (Å²) in [4.78, 5) is 11.0. The summed E-state index contributed by atoms with van der Waals surface area (Å²) in [5, 5.41) is 9.01. The van der Waals surface area contributed by atoms with Crippen LogP contribution in [0.4, 0.5) is 0 Å². The van der Waals surface area contributed by atoms with Crippen molar-refractivity contribution in [2.75, 3.05) is 0 Å². The first-order chi connectivity index (χ1) is 7.07. The van der Waals surface area contributed by atoms with Gasteiger partial charge in [-0.15, -0.1) is 0 Å². The number of hydrogen-bond donors (Lipinski definition) is 1. The van der Waals surface area contributed by atoms with E-state index in [2.05, 4.69) is 6.92 Å². The van der Waals surface area contributed by atoms with Gasteiger partial charge in [-0.3, -0.25) is 0 Å². The highest BCUT2D eigenvalue weighted by molar-refractivity contribution is 5.89. The number of hydrogen-bond acceptors (Lipinski definition) is 1. The maximum absolute atomic E-state index is 11.0. The molecule has 0 heterocycles. The Morgan fingerprint density at radius 1 is 1.33 bits per heavy atom. The number of carbonyl (C=O) groups is 1. The molecule has 0 bridgehead atoms. The zero-order valence-electron chi connectivity index (χ0n) is 9.63. The van der Waals surface area contributed by atoms with Crippen LogP contribution in [-0.2, 0) is 6.42 Å². The van der Waals surface area contributed by atoms with E-state index in [0.29, 0.717) is 5.56 Å². The Balaban J connectivity index is 3.12. The quantitative estimate of drug-likeness (QED) is 0.820. The molecule has 0 atom stereocenters. The summed E-state index contributed by atoms with van der Waals surface area (Å²) in [6.07, 6.45) is 3.23.